The molecule has 2 heteroatoms. The lowest BCUT2D eigenvalue weighted by Gasteiger charge is -2.08. The fourth-order valence-electron chi connectivity index (χ4n) is 1.54. The summed E-state index contributed by atoms with van der Waals surface area (Å²) < 4.78 is 5.25. The molecule has 0 radical (unpaired) electrons. The minimum Gasteiger partial charge on any atom is -0.390 e. The van der Waals surface area contributed by atoms with Crippen molar-refractivity contribution in [3.05, 3.63) is 12.2 Å². The predicted octanol–water partition coefficient (Wildman–Crippen LogP) is 0.322. The molecule has 2 rings (SSSR count). The highest BCUT2D eigenvalue weighted by Crippen LogP contribution is 2.30. The largest absolute Gasteiger partial charge is 0.390 e. The maximum atomic E-state index is 9.23. The average Bonchev–Trinajstić information content (AvgIpc) is 2.35. The molecule has 0 aromatic rings. The normalized spacial score (nSPS) is 47.9. The van der Waals surface area contributed by atoms with Gasteiger partial charge in [-0.15, -0.1) is 0 Å². The zero-order chi connectivity index (χ0) is 6.27. The summed E-state index contributed by atoms with van der Waals surface area (Å²) >= 11 is 0. The fourth-order valence-corrected chi connectivity index (χ4v) is 1.54. The van der Waals surface area contributed by atoms with Crippen molar-refractivity contribution in [2.24, 2.45) is 5.92 Å². The van der Waals surface area contributed by atoms with Crippen molar-refractivity contribution in [1.82, 2.24) is 0 Å². The third-order valence-corrected chi connectivity index (χ3v) is 2.11. The van der Waals surface area contributed by atoms with E-state index in [4.69, 9.17) is 4.74 Å². The molecule has 1 heterocycles. The minimum atomic E-state index is -0.218. The summed E-state index contributed by atoms with van der Waals surface area (Å²) in [6.45, 7) is 0.527. The van der Waals surface area contributed by atoms with Gasteiger partial charge in [-0.05, 0) is 6.42 Å². The molecule has 1 fully saturated rings. The van der Waals surface area contributed by atoms with Crippen LogP contribution < -0.4 is 0 Å². The van der Waals surface area contributed by atoms with Crippen molar-refractivity contribution in [2.45, 2.75) is 18.6 Å². The van der Waals surface area contributed by atoms with Crippen molar-refractivity contribution >= 4 is 0 Å². The van der Waals surface area contributed by atoms with Gasteiger partial charge in [-0.1, -0.05) is 12.2 Å². The third kappa shape index (κ3) is 0.705. The SMILES string of the molecule is OC1COC2C=CCC12. The van der Waals surface area contributed by atoms with Crippen LogP contribution >= 0.6 is 0 Å². The number of rotatable bonds is 0. The van der Waals surface area contributed by atoms with Crippen molar-refractivity contribution in [3.63, 3.8) is 0 Å². The Labute approximate surface area is 54.1 Å². The Morgan fingerprint density at radius 1 is 1.56 bits per heavy atom. The molecule has 0 aromatic heterocycles. The molecule has 1 aliphatic heterocycles. The molecule has 2 aliphatic rings. The van der Waals surface area contributed by atoms with Crippen LogP contribution in [0.3, 0.4) is 0 Å². The van der Waals surface area contributed by atoms with Crippen molar-refractivity contribution in [2.75, 3.05) is 6.61 Å². The second-order valence-corrected chi connectivity index (χ2v) is 2.69. The van der Waals surface area contributed by atoms with E-state index in [1.165, 1.54) is 0 Å². The smallest absolute Gasteiger partial charge is 0.0832 e. The highest BCUT2D eigenvalue weighted by atomic mass is 16.5. The summed E-state index contributed by atoms with van der Waals surface area (Å²) in [7, 11) is 0. The Morgan fingerprint density at radius 2 is 2.44 bits per heavy atom. The summed E-state index contributed by atoms with van der Waals surface area (Å²) in [5.41, 5.74) is 0. The Bertz CT molecular complexity index is 142. The van der Waals surface area contributed by atoms with E-state index in [0.717, 1.165) is 6.42 Å². The maximum absolute atomic E-state index is 9.23. The van der Waals surface area contributed by atoms with Crippen molar-refractivity contribution in [3.8, 4) is 0 Å². The van der Waals surface area contributed by atoms with Gasteiger partial charge < -0.3 is 9.84 Å². The third-order valence-electron chi connectivity index (χ3n) is 2.11. The number of hydrogen-bond donors (Lipinski definition) is 1. The summed E-state index contributed by atoms with van der Waals surface area (Å²) in [6.07, 6.45) is 5.12. The van der Waals surface area contributed by atoms with Crippen LogP contribution in [0.25, 0.3) is 0 Å². The molecule has 0 amide bonds. The van der Waals surface area contributed by atoms with Crippen LogP contribution in [0, 0.1) is 5.92 Å². The monoisotopic (exact) mass is 126 g/mol. The zero-order valence-electron chi connectivity index (χ0n) is 5.16. The van der Waals surface area contributed by atoms with Crippen LogP contribution in [0.1, 0.15) is 6.42 Å². The van der Waals surface area contributed by atoms with E-state index < -0.39 is 0 Å². The van der Waals surface area contributed by atoms with E-state index in [-0.39, 0.29) is 12.2 Å². The summed E-state index contributed by atoms with van der Waals surface area (Å²) in [4.78, 5) is 0. The van der Waals surface area contributed by atoms with Crippen LogP contribution in [-0.2, 0) is 4.74 Å². The van der Waals surface area contributed by atoms with Crippen molar-refractivity contribution < 1.29 is 9.84 Å². The molecule has 50 valence electrons. The van der Waals surface area contributed by atoms with Crippen LogP contribution in [0.2, 0.25) is 0 Å². The van der Waals surface area contributed by atoms with Gasteiger partial charge in [-0.25, -0.2) is 0 Å². The molecule has 9 heavy (non-hydrogen) atoms. The van der Waals surface area contributed by atoms with Gasteiger partial charge in [0.05, 0.1) is 18.8 Å². The first-order chi connectivity index (χ1) is 4.38. The number of ether oxygens (including phenoxy) is 1. The number of allylic oxidation sites excluding steroid dienone is 1. The van der Waals surface area contributed by atoms with Gasteiger partial charge in [-0.3, -0.25) is 0 Å². The van der Waals surface area contributed by atoms with Gasteiger partial charge in [0.2, 0.25) is 0 Å². The van der Waals surface area contributed by atoms with Gasteiger partial charge in [0.1, 0.15) is 0 Å². The molecular weight excluding hydrogens is 116 g/mol. The van der Waals surface area contributed by atoms with Crippen molar-refractivity contribution in [1.29, 1.82) is 0 Å². The topological polar surface area (TPSA) is 29.5 Å². The molecule has 1 N–H and O–H groups in total. The second kappa shape index (κ2) is 1.82. The molecule has 0 saturated carbocycles. The lowest BCUT2D eigenvalue weighted by molar-refractivity contribution is 0.107. The van der Waals surface area contributed by atoms with Gasteiger partial charge in [0, 0.05) is 5.92 Å². The Morgan fingerprint density at radius 3 is 3.22 bits per heavy atom. The van der Waals surface area contributed by atoms with Crippen LogP contribution in [0.4, 0.5) is 0 Å². The summed E-state index contributed by atoms with van der Waals surface area (Å²) in [5.74, 6) is 0.366. The lowest BCUT2D eigenvalue weighted by Crippen LogP contribution is -2.18. The summed E-state index contributed by atoms with van der Waals surface area (Å²) in [6, 6.07) is 0. The highest BCUT2D eigenvalue weighted by molar-refractivity contribution is 5.07. The number of aliphatic hydroxyl groups is 1. The molecule has 3 atom stereocenters. The van der Waals surface area contributed by atoms with Gasteiger partial charge in [0.25, 0.3) is 0 Å². The first-order valence-corrected chi connectivity index (χ1v) is 3.34. The van der Waals surface area contributed by atoms with Crippen LogP contribution in [-0.4, -0.2) is 23.9 Å². The highest BCUT2D eigenvalue weighted by Gasteiger charge is 2.36. The molecule has 2 nitrogen and oxygen atoms in total. The Hall–Kier alpha value is -0.340. The molecule has 1 aliphatic carbocycles. The minimum absolute atomic E-state index is 0.218. The summed E-state index contributed by atoms with van der Waals surface area (Å²) in [5, 5.41) is 9.23. The molecule has 3 unspecified atom stereocenters. The zero-order valence-corrected chi connectivity index (χ0v) is 5.16. The van der Waals surface area contributed by atoms with Crippen LogP contribution in [0.15, 0.2) is 12.2 Å². The van der Waals surface area contributed by atoms with Crippen LogP contribution in [0.5, 0.6) is 0 Å². The predicted molar refractivity (Wildman–Crippen MR) is 33.0 cm³/mol. The quantitative estimate of drug-likeness (QED) is 0.474. The van der Waals surface area contributed by atoms with E-state index >= 15 is 0 Å². The van der Waals surface area contributed by atoms with Gasteiger partial charge in [0.15, 0.2) is 0 Å². The Balaban J connectivity index is 2.13. The number of fused-ring (bicyclic) bond motifs is 1. The van der Waals surface area contributed by atoms with E-state index in [9.17, 15) is 5.11 Å². The molecule has 0 spiro atoms. The Kier molecular flexibility index (Phi) is 1.10. The first-order valence-electron chi connectivity index (χ1n) is 3.34. The van der Waals surface area contributed by atoms with Gasteiger partial charge >= 0.3 is 0 Å². The first kappa shape index (κ1) is 5.45. The number of hydrogen-bond acceptors (Lipinski definition) is 2. The van der Waals surface area contributed by atoms with E-state index in [1.807, 2.05) is 6.08 Å². The molecule has 1 saturated heterocycles. The second-order valence-electron chi connectivity index (χ2n) is 2.69. The fraction of sp³-hybridized carbons (Fsp3) is 0.714. The standard InChI is InChI=1S/C7H10O2/c8-6-4-9-7-3-1-2-5(6)7/h1,3,5-8H,2,4H2. The lowest BCUT2D eigenvalue weighted by atomic mass is 10.0. The van der Waals surface area contributed by atoms with Gasteiger partial charge in [-0.2, -0.15) is 0 Å². The molecule has 0 bridgehead atoms. The maximum Gasteiger partial charge on any atom is 0.0832 e. The van der Waals surface area contributed by atoms with E-state index in [1.54, 1.807) is 0 Å². The average molecular weight is 126 g/mol. The van der Waals surface area contributed by atoms with E-state index in [2.05, 4.69) is 6.08 Å². The van der Waals surface area contributed by atoms with E-state index in [0.29, 0.717) is 12.5 Å². The molecule has 0 aromatic carbocycles. The molecular formula is C7H10O2. The number of aliphatic hydroxyl groups excluding tert-OH is 1.